The highest BCUT2D eigenvalue weighted by atomic mass is 79.9. The van der Waals surface area contributed by atoms with Gasteiger partial charge in [0, 0.05) is 6.54 Å². The molecule has 1 atom stereocenters. The van der Waals surface area contributed by atoms with Gasteiger partial charge in [-0.15, -0.1) is 0 Å². The average molecular weight is 369 g/mol. The van der Waals surface area contributed by atoms with Gasteiger partial charge in [-0.05, 0) is 22.4 Å². The summed E-state index contributed by atoms with van der Waals surface area (Å²) in [6, 6.07) is 0. The Morgan fingerprint density at radius 1 is 1.25 bits per heavy atom. The lowest BCUT2D eigenvalue weighted by Crippen LogP contribution is -2.41. The Hall–Kier alpha value is -0.770. The summed E-state index contributed by atoms with van der Waals surface area (Å²) < 4.78 is 76.3. The van der Waals surface area contributed by atoms with Crippen molar-refractivity contribution in [3.8, 4) is 0 Å². The molecule has 1 aromatic heterocycles. The van der Waals surface area contributed by atoms with E-state index in [-0.39, 0.29) is 11.0 Å². The van der Waals surface area contributed by atoms with Crippen molar-refractivity contribution in [2.45, 2.75) is 38.3 Å². The van der Waals surface area contributed by atoms with Crippen molar-refractivity contribution in [2.24, 2.45) is 5.92 Å². The summed E-state index contributed by atoms with van der Waals surface area (Å²) in [6.45, 7) is 1.77. The number of aliphatic hydroxyl groups excluding tert-OH is 1. The number of nitrogens with zero attached hydrogens (tertiary/aromatic N) is 2. The Morgan fingerprint density at radius 2 is 1.75 bits per heavy atom. The summed E-state index contributed by atoms with van der Waals surface area (Å²) in [7, 11) is 0. The molecule has 0 aliphatic heterocycles. The summed E-state index contributed by atoms with van der Waals surface area (Å²) in [5, 5.41) is 13.2. The highest BCUT2D eigenvalue weighted by Gasteiger charge is 2.61. The minimum Gasteiger partial charge on any atom is -0.386 e. The van der Waals surface area contributed by atoms with E-state index in [2.05, 4.69) is 21.0 Å². The van der Waals surface area contributed by atoms with E-state index in [1.54, 1.807) is 6.92 Å². The van der Waals surface area contributed by atoms with Crippen molar-refractivity contribution in [2.75, 3.05) is 0 Å². The molecule has 0 saturated heterocycles. The van der Waals surface area contributed by atoms with Crippen LogP contribution in [-0.4, -0.2) is 27.2 Å². The van der Waals surface area contributed by atoms with Crippen LogP contribution in [0.4, 0.5) is 26.3 Å². The zero-order valence-electron chi connectivity index (χ0n) is 10.1. The molecule has 0 fully saturated rings. The van der Waals surface area contributed by atoms with Gasteiger partial charge in [0.25, 0.3) is 0 Å². The zero-order valence-corrected chi connectivity index (χ0v) is 11.7. The van der Waals surface area contributed by atoms with E-state index >= 15 is 0 Å². The van der Waals surface area contributed by atoms with Gasteiger partial charge < -0.3 is 5.11 Å². The molecule has 0 spiro atoms. The van der Waals surface area contributed by atoms with E-state index in [0.29, 0.717) is 6.42 Å². The van der Waals surface area contributed by atoms with Crippen molar-refractivity contribution in [1.29, 1.82) is 0 Å². The minimum atomic E-state index is -5.61. The molecule has 0 aliphatic carbocycles. The van der Waals surface area contributed by atoms with Crippen LogP contribution < -0.4 is 0 Å². The molecule has 1 unspecified atom stereocenters. The lowest BCUT2D eigenvalue weighted by molar-refractivity contribution is -0.308. The first-order valence-corrected chi connectivity index (χ1v) is 6.32. The van der Waals surface area contributed by atoms with Gasteiger partial charge in [-0.3, -0.25) is 4.68 Å². The first kappa shape index (κ1) is 17.3. The number of aryl methyl sites for hydroxylation is 1. The smallest absolute Gasteiger partial charge is 0.386 e. The predicted molar refractivity (Wildman–Crippen MR) is 60.8 cm³/mol. The van der Waals surface area contributed by atoms with Gasteiger partial charge in [0.15, 0.2) is 5.92 Å². The Balaban J connectivity index is 3.26. The molecule has 0 radical (unpaired) electrons. The normalized spacial score (nSPS) is 14.9. The van der Waals surface area contributed by atoms with Crippen LogP contribution in [0.1, 0.15) is 25.1 Å². The molecule has 116 valence electrons. The van der Waals surface area contributed by atoms with Gasteiger partial charge in [0.2, 0.25) is 0 Å². The van der Waals surface area contributed by atoms with Gasteiger partial charge >= 0.3 is 12.4 Å². The van der Waals surface area contributed by atoms with E-state index < -0.39 is 30.1 Å². The molecule has 3 nitrogen and oxygen atoms in total. The van der Waals surface area contributed by atoms with E-state index in [1.807, 2.05) is 0 Å². The standard InChI is InChI=1S/C10H11BrF6N2O/c1-2-3-19-6(5(11)4-18-19)7(20)8(9(12,13)14)10(15,16)17/h4,7-8,20H,2-3H2,1H3. The first-order valence-electron chi connectivity index (χ1n) is 5.52. The fourth-order valence-electron chi connectivity index (χ4n) is 1.76. The van der Waals surface area contributed by atoms with Crippen LogP contribution >= 0.6 is 15.9 Å². The summed E-state index contributed by atoms with van der Waals surface area (Å²) >= 11 is 2.81. The topological polar surface area (TPSA) is 38.0 Å². The minimum absolute atomic E-state index is 0.0976. The Bertz CT molecular complexity index is 442. The van der Waals surface area contributed by atoms with Crippen LogP contribution in [0.15, 0.2) is 10.7 Å². The molecule has 20 heavy (non-hydrogen) atoms. The summed E-state index contributed by atoms with van der Waals surface area (Å²) in [5.41, 5.74) is -0.536. The highest BCUT2D eigenvalue weighted by Crippen LogP contribution is 2.47. The quantitative estimate of drug-likeness (QED) is 0.820. The van der Waals surface area contributed by atoms with Gasteiger partial charge in [-0.1, -0.05) is 6.92 Å². The average Bonchev–Trinajstić information content (AvgIpc) is 2.55. The zero-order chi connectivity index (χ0) is 15.7. The lowest BCUT2D eigenvalue weighted by Gasteiger charge is -2.28. The molecule has 1 rings (SSSR count). The van der Waals surface area contributed by atoms with Crippen LogP contribution in [0.25, 0.3) is 0 Å². The number of alkyl halides is 6. The molecule has 1 heterocycles. The third-order valence-electron chi connectivity index (χ3n) is 2.57. The predicted octanol–water partition coefficient (Wildman–Crippen LogP) is 3.83. The Labute approximate surface area is 118 Å². The molecule has 0 bridgehead atoms. The van der Waals surface area contributed by atoms with Gasteiger partial charge in [0.05, 0.1) is 16.4 Å². The van der Waals surface area contributed by atoms with Crippen LogP contribution in [0.5, 0.6) is 0 Å². The maximum absolute atomic E-state index is 12.6. The summed E-state index contributed by atoms with van der Waals surface area (Å²) in [6.07, 6.45) is -12.5. The molecule has 10 heteroatoms. The Morgan fingerprint density at radius 3 is 2.15 bits per heavy atom. The second-order valence-corrected chi connectivity index (χ2v) is 4.96. The van der Waals surface area contributed by atoms with Gasteiger partial charge in [0.1, 0.15) is 6.10 Å². The molecular formula is C10H11BrF6N2O. The highest BCUT2D eigenvalue weighted by molar-refractivity contribution is 9.10. The van der Waals surface area contributed by atoms with Crippen molar-refractivity contribution in [3.63, 3.8) is 0 Å². The van der Waals surface area contributed by atoms with Crippen molar-refractivity contribution >= 4 is 15.9 Å². The molecule has 1 aromatic rings. The Kier molecular flexibility index (Phi) is 5.12. The molecule has 1 N–H and O–H groups in total. The van der Waals surface area contributed by atoms with E-state index in [4.69, 9.17) is 0 Å². The second-order valence-electron chi connectivity index (χ2n) is 4.11. The fourth-order valence-corrected chi connectivity index (χ4v) is 2.29. The monoisotopic (exact) mass is 368 g/mol. The van der Waals surface area contributed by atoms with Crippen molar-refractivity contribution < 1.29 is 31.4 Å². The largest absolute Gasteiger partial charge is 0.403 e. The number of hydrogen-bond acceptors (Lipinski definition) is 2. The first-order chi connectivity index (χ1) is 9.00. The van der Waals surface area contributed by atoms with E-state index in [9.17, 15) is 31.4 Å². The molecule has 0 aromatic carbocycles. The van der Waals surface area contributed by atoms with E-state index in [1.165, 1.54) is 0 Å². The molecule has 0 saturated carbocycles. The third kappa shape index (κ3) is 3.66. The number of halogens is 7. The maximum atomic E-state index is 12.6. The van der Waals surface area contributed by atoms with Crippen molar-refractivity contribution in [1.82, 2.24) is 9.78 Å². The second kappa shape index (κ2) is 5.92. The van der Waals surface area contributed by atoms with Crippen LogP contribution in [-0.2, 0) is 6.54 Å². The number of aromatic nitrogens is 2. The molecule has 0 amide bonds. The van der Waals surface area contributed by atoms with Crippen LogP contribution in [0.3, 0.4) is 0 Å². The van der Waals surface area contributed by atoms with Crippen LogP contribution in [0.2, 0.25) is 0 Å². The molecular weight excluding hydrogens is 358 g/mol. The SMILES string of the molecule is CCCn1ncc(Br)c1C(O)C(C(F)(F)F)C(F)(F)F. The third-order valence-corrected chi connectivity index (χ3v) is 3.18. The molecule has 0 aliphatic rings. The van der Waals surface area contributed by atoms with Gasteiger partial charge in [-0.25, -0.2) is 0 Å². The number of hydrogen-bond donors (Lipinski definition) is 1. The van der Waals surface area contributed by atoms with Crippen molar-refractivity contribution in [3.05, 3.63) is 16.4 Å². The summed E-state index contributed by atoms with van der Waals surface area (Å²) in [4.78, 5) is 0. The number of aliphatic hydroxyl groups is 1. The van der Waals surface area contributed by atoms with Crippen LogP contribution in [0, 0.1) is 5.92 Å². The summed E-state index contributed by atoms with van der Waals surface area (Å²) in [5.74, 6) is -3.86. The number of rotatable bonds is 4. The van der Waals surface area contributed by atoms with Gasteiger partial charge in [-0.2, -0.15) is 31.4 Å². The van der Waals surface area contributed by atoms with E-state index in [0.717, 1.165) is 10.9 Å². The maximum Gasteiger partial charge on any atom is 0.403 e. The lowest BCUT2D eigenvalue weighted by atomic mass is 9.98. The fraction of sp³-hybridized carbons (Fsp3) is 0.700.